The Labute approximate surface area is 186 Å². The van der Waals surface area contributed by atoms with Gasteiger partial charge in [0.05, 0.1) is 23.2 Å². The van der Waals surface area contributed by atoms with E-state index < -0.39 is 20.9 Å². The molecule has 1 fully saturated rings. The van der Waals surface area contributed by atoms with Crippen molar-refractivity contribution in [3.63, 3.8) is 0 Å². The van der Waals surface area contributed by atoms with Gasteiger partial charge >= 0.3 is 5.97 Å². The van der Waals surface area contributed by atoms with Crippen molar-refractivity contribution in [3.05, 3.63) is 57.1 Å². The van der Waals surface area contributed by atoms with E-state index in [-0.39, 0.29) is 47.5 Å². The van der Waals surface area contributed by atoms with Gasteiger partial charge in [-0.25, -0.2) is 13.2 Å². The van der Waals surface area contributed by atoms with E-state index in [0.717, 1.165) is 11.3 Å². The van der Waals surface area contributed by atoms with E-state index in [4.69, 9.17) is 0 Å². The Hall–Kier alpha value is -3.29. The number of esters is 1. The highest BCUT2D eigenvalue weighted by atomic mass is 32.2. The van der Waals surface area contributed by atoms with Gasteiger partial charge in [-0.05, 0) is 12.1 Å². The molecule has 1 aromatic carbocycles. The summed E-state index contributed by atoms with van der Waals surface area (Å²) in [4.78, 5) is 39.6. The number of fused-ring (bicyclic) bond motifs is 1. The van der Waals surface area contributed by atoms with E-state index in [0.29, 0.717) is 16.5 Å². The van der Waals surface area contributed by atoms with Gasteiger partial charge in [-0.2, -0.15) is 4.31 Å². The van der Waals surface area contributed by atoms with Crippen LogP contribution in [0.15, 0.2) is 40.1 Å². The van der Waals surface area contributed by atoms with Gasteiger partial charge in [0, 0.05) is 60.8 Å². The molecule has 0 saturated carbocycles. The van der Waals surface area contributed by atoms with Crippen LogP contribution in [0.1, 0.15) is 20.7 Å². The molecule has 4 rings (SSSR count). The number of H-pyrrole nitrogens is 1. The number of nitrogens with one attached hydrogen (secondary N) is 1. The highest BCUT2D eigenvalue weighted by Gasteiger charge is 2.32. The number of hydrogen-bond acceptors (Lipinski definition) is 8. The monoisotopic (exact) mass is 478 g/mol. The Morgan fingerprint density at radius 3 is 2.56 bits per heavy atom. The van der Waals surface area contributed by atoms with E-state index in [9.17, 15) is 28.1 Å². The molecule has 3 heterocycles. The van der Waals surface area contributed by atoms with Gasteiger partial charge in [-0.15, -0.1) is 11.3 Å². The number of rotatable bonds is 5. The molecule has 1 N–H and O–H groups in total. The number of amides is 1. The number of carbonyl (C=O) groups excluding carboxylic acids is 2. The summed E-state index contributed by atoms with van der Waals surface area (Å²) >= 11 is 0.934. The number of hydrogen-bond donors (Lipinski definition) is 1. The van der Waals surface area contributed by atoms with Gasteiger partial charge in [0.25, 0.3) is 21.6 Å². The summed E-state index contributed by atoms with van der Waals surface area (Å²) in [5.41, 5.74) is 0.933. The number of nitro groups is 1. The van der Waals surface area contributed by atoms with Crippen molar-refractivity contribution < 1.29 is 27.7 Å². The number of nitrogens with zero attached hydrogens (tertiary/aromatic N) is 3. The zero-order valence-electron chi connectivity index (χ0n) is 16.8. The molecule has 2 aromatic heterocycles. The Kier molecular flexibility index (Phi) is 5.71. The van der Waals surface area contributed by atoms with Crippen molar-refractivity contribution in [2.45, 2.75) is 4.21 Å². The molecular weight excluding hydrogens is 460 g/mol. The molecule has 0 unspecified atom stereocenters. The number of carbonyl (C=O) groups is 2. The largest absolute Gasteiger partial charge is 0.465 e. The van der Waals surface area contributed by atoms with Crippen molar-refractivity contribution in [3.8, 4) is 0 Å². The standard InChI is InChI=1S/C19H18N4O7S2/c1-30-19(25)12-8-17(31-11-12)32(28,29)22-6-4-21(5-7-22)18(24)15-10-20-16-3-2-13(23(26)27)9-14(15)16/h2-3,8-11,20H,4-7H2,1H3. The van der Waals surface area contributed by atoms with Crippen molar-refractivity contribution in [1.82, 2.24) is 14.2 Å². The molecule has 13 heteroatoms. The van der Waals surface area contributed by atoms with E-state index in [1.54, 1.807) is 6.07 Å². The first-order valence-electron chi connectivity index (χ1n) is 9.44. The fourth-order valence-corrected chi connectivity index (χ4v) is 6.23. The second kappa shape index (κ2) is 8.33. The third-order valence-corrected chi connectivity index (χ3v) is 8.54. The normalized spacial score (nSPS) is 15.1. The van der Waals surface area contributed by atoms with Crippen LogP contribution in [0.4, 0.5) is 5.69 Å². The molecule has 1 aliphatic heterocycles. The highest BCUT2D eigenvalue weighted by Crippen LogP contribution is 2.27. The number of ether oxygens (including phenoxy) is 1. The summed E-state index contributed by atoms with van der Waals surface area (Å²) in [6, 6.07) is 5.52. The Morgan fingerprint density at radius 2 is 1.91 bits per heavy atom. The number of benzene rings is 1. The number of aromatic nitrogens is 1. The Balaban J connectivity index is 1.49. The van der Waals surface area contributed by atoms with Crippen LogP contribution in [-0.2, 0) is 14.8 Å². The molecule has 1 amide bonds. The average Bonchev–Trinajstić information content (AvgIpc) is 3.45. The average molecular weight is 479 g/mol. The second-order valence-corrected chi connectivity index (χ2v) is 10.1. The first kappa shape index (κ1) is 21.9. The maximum Gasteiger partial charge on any atom is 0.338 e. The maximum atomic E-state index is 13.0. The molecule has 1 saturated heterocycles. The fourth-order valence-electron chi connectivity index (χ4n) is 3.50. The highest BCUT2D eigenvalue weighted by molar-refractivity contribution is 7.91. The van der Waals surface area contributed by atoms with Gasteiger partial charge in [0.1, 0.15) is 4.21 Å². The topological polar surface area (TPSA) is 143 Å². The quantitative estimate of drug-likeness (QED) is 0.336. The molecule has 32 heavy (non-hydrogen) atoms. The van der Waals surface area contributed by atoms with Crippen LogP contribution in [0.2, 0.25) is 0 Å². The molecule has 11 nitrogen and oxygen atoms in total. The minimum atomic E-state index is -3.81. The molecule has 168 valence electrons. The third-order valence-electron chi connectivity index (χ3n) is 5.22. The molecule has 0 atom stereocenters. The summed E-state index contributed by atoms with van der Waals surface area (Å²) in [5.74, 6) is -0.949. The zero-order valence-corrected chi connectivity index (χ0v) is 18.4. The van der Waals surface area contributed by atoms with Crippen molar-refractivity contribution in [2.24, 2.45) is 0 Å². The van der Waals surface area contributed by atoms with Crippen LogP contribution in [0.25, 0.3) is 10.9 Å². The number of thiophene rings is 1. The molecule has 1 aliphatic rings. The van der Waals surface area contributed by atoms with Crippen LogP contribution in [0.5, 0.6) is 0 Å². The maximum absolute atomic E-state index is 13.0. The van der Waals surface area contributed by atoms with Crippen molar-refractivity contribution in [2.75, 3.05) is 33.3 Å². The van der Waals surface area contributed by atoms with Crippen LogP contribution in [0, 0.1) is 10.1 Å². The summed E-state index contributed by atoms with van der Waals surface area (Å²) in [5, 5.41) is 12.9. The Morgan fingerprint density at radius 1 is 1.19 bits per heavy atom. The molecule has 0 aliphatic carbocycles. The molecule has 0 spiro atoms. The lowest BCUT2D eigenvalue weighted by molar-refractivity contribution is -0.384. The van der Waals surface area contributed by atoms with Gasteiger partial charge in [-0.1, -0.05) is 0 Å². The van der Waals surface area contributed by atoms with Gasteiger partial charge < -0.3 is 14.6 Å². The lowest BCUT2D eigenvalue weighted by atomic mass is 10.1. The fraction of sp³-hybridized carbons (Fsp3) is 0.263. The van der Waals surface area contributed by atoms with Crippen LogP contribution in [-0.4, -0.2) is 72.7 Å². The van der Waals surface area contributed by atoms with Crippen LogP contribution in [0.3, 0.4) is 0 Å². The summed E-state index contributed by atoms with van der Waals surface area (Å²) < 4.78 is 31.7. The molecular formula is C19H18N4O7S2. The van der Waals surface area contributed by atoms with Gasteiger partial charge in [-0.3, -0.25) is 14.9 Å². The number of nitro benzene ring substituents is 1. The first-order chi connectivity index (χ1) is 15.2. The predicted molar refractivity (Wildman–Crippen MR) is 115 cm³/mol. The first-order valence-corrected chi connectivity index (χ1v) is 11.8. The van der Waals surface area contributed by atoms with E-state index in [1.807, 2.05) is 0 Å². The summed E-state index contributed by atoms with van der Waals surface area (Å²) in [6.07, 6.45) is 1.50. The van der Waals surface area contributed by atoms with E-state index >= 15 is 0 Å². The van der Waals surface area contributed by atoms with E-state index in [2.05, 4.69) is 9.72 Å². The number of piperazine rings is 1. The van der Waals surface area contributed by atoms with Crippen molar-refractivity contribution in [1.29, 1.82) is 0 Å². The Bertz CT molecular complexity index is 1320. The minimum absolute atomic E-state index is 0.0293. The van der Waals surface area contributed by atoms with Crippen LogP contribution < -0.4 is 0 Å². The SMILES string of the molecule is COC(=O)c1csc(S(=O)(=O)N2CCN(C(=O)c3c[nH]c4ccc([N+](=O)[O-])cc34)CC2)c1. The second-order valence-electron chi connectivity index (χ2n) is 7.03. The number of sulfonamides is 1. The summed E-state index contributed by atoms with van der Waals surface area (Å²) in [7, 11) is -2.59. The van der Waals surface area contributed by atoms with E-state index in [1.165, 1.54) is 46.1 Å². The number of aromatic amines is 1. The minimum Gasteiger partial charge on any atom is -0.465 e. The van der Waals surface area contributed by atoms with Crippen LogP contribution >= 0.6 is 11.3 Å². The number of non-ortho nitro benzene ring substituents is 1. The number of methoxy groups -OCH3 is 1. The lowest BCUT2D eigenvalue weighted by Crippen LogP contribution is -2.50. The van der Waals surface area contributed by atoms with Gasteiger partial charge in [0.2, 0.25) is 0 Å². The molecule has 0 bridgehead atoms. The predicted octanol–water partition coefficient (Wildman–Crippen LogP) is 2.07. The third kappa shape index (κ3) is 3.85. The van der Waals surface area contributed by atoms with Gasteiger partial charge in [0.15, 0.2) is 0 Å². The smallest absolute Gasteiger partial charge is 0.338 e. The molecule has 0 radical (unpaired) electrons. The summed E-state index contributed by atoms with van der Waals surface area (Å²) in [6.45, 7) is 0.494. The zero-order chi connectivity index (χ0) is 23.0. The lowest BCUT2D eigenvalue weighted by Gasteiger charge is -2.33. The molecule has 3 aromatic rings. The van der Waals surface area contributed by atoms with Crippen molar-refractivity contribution >= 4 is 49.8 Å².